The summed E-state index contributed by atoms with van der Waals surface area (Å²) < 4.78 is 26.6. The van der Waals surface area contributed by atoms with Gasteiger partial charge in [-0.15, -0.1) is 12.4 Å². The predicted molar refractivity (Wildman–Crippen MR) is 128 cm³/mol. The van der Waals surface area contributed by atoms with E-state index >= 15 is 0 Å². The Labute approximate surface area is 212 Å². The summed E-state index contributed by atoms with van der Waals surface area (Å²) in [4.78, 5) is 39.8. The highest BCUT2D eigenvalue weighted by Gasteiger charge is 2.60. The highest BCUT2D eigenvalue weighted by Crippen LogP contribution is 2.53. The molecular formula is C23H26Cl2FN3O6. The van der Waals surface area contributed by atoms with Gasteiger partial charge in [0, 0.05) is 44.9 Å². The summed E-state index contributed by atoms with van der Waals surface area (Å²) in [7, 11) is 3.16. The van der Waals surface area contributed by atoms with Crippen LogP contribution in [0, 0.1) is 11.7 Å². The minimum absolute atomic E-state index is 0. The molecule has 1 fully saturated rings. The molecule has 35 heavy (non-hydrogen) atoms. The van der Waals surface area contributed by atoms with Crippen molar-refractivity contribution in [2.75, 3.05) is 33.9 Å². The average Bonchev–Trinajstić information content (AvgIpc) is 3.49. The van der Waals surface area contributed by atoms with E-state index in [0.29, 0.717) is 26.2 Å². The van der Waals surface area contributed by atoms with E-state index in [2.05, 4.69) is 5.32 Å². The maximum Gasteiger partial charge on any atom is 0.274 e. The van der Waals surface area contributed by atoms with E-state index in [-0.39, 0.29) is 52.5 Å². The van der Waals surface area contributed by atoms with E-state index in [1.54, 1.807) is 21.1 Å². The van der Waals surface area contributed by atoms with Crippen molar-refractivity contribution in [2.24, 2.45) is 5.92 Å². The fourth-order valence-electron chi connectivity index (χ4n) is 4.58. The Morgan fingerprint density at radius 3 is 2.74 bits per heavy atom. The largest absolute Gasteiger partial charge is 0.503 e. The number of nitrogens with zero attached hydrogens (tertiary/aromatic N) is 2. The first-order valence-corrected chi connectivity index (χ1v) is 11.1. The minimum Gasteiger partial charge on any atom is -0.503 e. The van der Waals surface area contributed by atoms with Gasteiger partial charge in [-0.25, -0.2) is 4.39 Å². The van der Waals surface area contributed by atoms with Gasteiger partial charge >= 0.3 is 0 Å². The molecule has 0 bridgehead atoms. The number of methoxy groups -OCH3 is 1. The van der Waals surface area contributed by atoms with Gasteiger partial charge in [0.25, 0.3) is 11.8 Å². The Kier molecular flexibility index (Phi) is 7.68. The van der Waals surface area contributed by atoms with Gasteiger partial charge in [-0.1, -0.05) is 17.7 Å². The molecule has 0 unspecified atom stereocenters. The molecule has 190 valence electrons. The summed E-state index contributed by atoms with van der Waals surface area (Å²) in [6, 6.07) is 2.91. The minimum atomic E-state index is -0.975. The smallest absolute Gasteiger partial charge is 0.274 e. The topological polar surface area (TPSA) is 110 Å². The number of hydrogen-bond acceptors (Lipinski definition) is 6. The van der Waals surface area contributed by atoms with Crippen molar-refractivity contribution >= 4 is 35.8 Å². The van der Waals surface area contributed by atoms with Crippen LogP contribution in [0.15, 0.2) is 23.1 Å². The SMILES string of the molecule is CCOc1ccc(CNC(=O)c2cn3c(c(O)c2=O)C(=O)N(C)C[C@]32C[C@H]2COC)c(F)c1Cl.Cl. The summed E-state index contributed by atoms with van der Waals surface area (Å²) in [5, 5.41) is 12.9. The molecule has 9 nitrogen and oxygen atoms in total. The Morgan fingerprint density at radius 2 is 2.09 bits per heavy atom. The molecule has 12 heteroatoms. The molecule has 2 heterocycles. The number of aromatic nitrogens is 1. The number of benzene rings is 1. The molecular weight excluding hydrogens is 504 g/mol. The number of carbonyl (C=O) groups excluding carboxylic acids is 2. The second-order valence-electron chi connectivity index (χ2n) is 8.53. The zero-order valence-electron chi connectivity index (χ0n) is 19.4. The molecule has 2 aromatic rings. The number of ether oxygens (including phenoxy) is 2. The third-order valence-electron chi connectivity index (χ3n) is 6.40. The molecule has 1 aromatic carbocycles. The van der Waals surface area contributed by atoms with E-state index in [4.69, 9.17) is 21.1 Å². The molecule has 2 atom stereocenters. The molecule has 1 aliphatic heterocycles. The lowest BCUT2D eigenvalue weighted by molar-refractivity contribution is 0.0664. The van der Waals surface area contributed by atoms with Crippen LogP contribution in [0.3, 0.4) is 0 Å². The molecule has 1 spiro atoms. The summed E-state index contributed by atoms with van der Waals surface area (Å²) in [5.41, 5.74) is -1.96. The van der Waals surface area contributed by atoms with E-state index in [1.165, 1.54) is 27.8 Å². The molecule has 1 aliphatic carbocycles. The first kappa shape index (κ1) is 26.8. The zero-order chi connectivity index (χ0) is 24.8. The van der Waals surface area contributed by atoms with Crippen LogP contribution in [-0.2, 0) is 16.8 Å². The maximum atomic E-state index is 14.6. The fourth-order valence-corrected chi connectivity index (χ4v) is 4.81. The molecule has 1 aromatic heterocycles. The third-order valence-corrected chi connectivity index (χ3v) is 6.75. The van der Waals surface area contributed by atoms with Crippen molar-refractivity contribution in [1.29, 1.82) is 0 Å². The summed E-state index contributed by atoms with van der Waals surface area (Å²) in [5.74, 6) is -2.63. The maximum absolute atomic E-state index is 14.6. The van der Waals surface area contributed by atoms with Gasteiger partial charge in [-0.3, -0.25) is 14.4 Å². The van der Waals surface area contributed by atoms with Crippen molar-refractivity contribution in [3.8, 4) is 11.5 Å². The highest BCUT2D eigenvalue weighted by molar-refractivity contribution is 6.32. The monoisotopic (exact) mass is 529 g/mol. The number of likely N-dealkylation sites (N-methyl/N-ethyl adjacent to an activating group) is 1. The summed E-state index contributed by atoms with van der Waals surface area (Å²) in [6.45, 7) is 2.58. The Morgan fingerprint density at radius 1 is 1.37 bits per heavy atom. The van der Waals surface area contributed by atoms with Crippen LogP contribution in [0.4, 0.5) is 4.39 Å². The average molecular weight is 530 g/mol. The van der Waals surface area contributed by atoms with Crippen molar-refractivity contribution in [3.05, 3.63) is 56.2 Å². The normalized spacial score (nSPS) is 20.3. The lowest BCUT2D eigenvalue weighted by Crippen LogP contribution is -2.48. The Bertz CT molecular complexity index is 1240. The van der Waals surface area contributed by atoms with Crippen LogP contribution in [0.2, 0.25) is 5.02 Å². The zero-order valence-corrected chi connectivity index (χ0v) is 21.0. The third kappa shape index (κ3) is 4.46. The lowest BCUT2D eigenvalue weighted by Gasteiger charge is -2.35. The van der Waals surface area contributed by atoms with Gasteiger partial charge in [-0.05, 0) is 19.4 Å². The van der Waals surface area contributed by atoms with Gasteiger partial charge in [0.2, 0.25) is 5.43 Å². The number of fused-ring (bicyclic) bond motifs is 2. The summed E-state index contributed by atoms with van der Waals surface area (Å²) >= 11 is 5.99. The molecule has 0 saturated heterocycles. The molecule has 0 radical (unpaired) electrons. The van der Waals surface area contributed by atoms with Crippen LogP contribution in [-0.4, -0.2) is 60.3 Å². The van der Waals surface area contributed by atoms with Crippen molar-refractivity contribution in [3.63, 3.8) is 0 Å². The first-order valence-electron chi connectivity index (χ1n) is 10.8. The van der Waals surface area contributed by atoms with Crippen LogP contribution < -0.4 is 15.5 Å². The number of pyridine rings is 1. The number of amides is 2. The van der Waals surface area contributed by atoms with Gasteiger partial charge in [0.1, 0.15) is 16.3 Å². The molecule has 2 N–H and O–H groups in total. The quantitative estimate of drug-likeness (QED) is 0.570. The summed E-state index contributed by atoms with van der Waals surface area (Å²) in [6.07, 6.45) is 1.96. The number of rotatable bonds is 7. The van der Waals surface area contributed by atoms with Gasteiger partial charge in [0.05, 0.1) is 18.8 Å². The number of nitrogens with one attached hydrogen (secondary N) is 1. The molecule has 4 rings (SSSR count). The first-order chi connectivity index (χ1) is 16.2. The lowest BCUT2D eigenvalue weighted by atomic mass is 10.0. The number of hydrogen-bond donors (Lipinski definition) is 2. The van der Waals surface area contributed by atoms with Gasteiger partial charge < -0.3 is 29.4 Å². The molecule has 2 amide bonds. The van der Waals surface area contributed by atoms with Gasteiger partial charge in [-0.2, -0.15) is 0 Å². The van der Waals surface area contributed by atoms with Crippen LogP contribution >= 0.6 is 24.0 Å². The molecule has 1 saturated carbocycles. The van der Waals surface area contributed by atoms with Crippen LogP contribution in [0.5, 0.6) is 11.5 Å². The van der Waals surface area contributed by atoms with E-state index in [9.17, 15) is 23.9 Å². The second-order valence-corrected chi connectivity index (χ2v) is 8.90. The van der Waals surface area contributed by atoms with E-state index < -0.39 is 34.3 Å². The van der Waals surface area contributed by atoms with Gasteiger partial charge in [0.15, 0.2) is 17.3 Å². The van der Waals surface area contributed by atoms with Crippen molar-refractivity contribution in [1.82, 2.24) is 14.8 Å². The Balaban J connectivity index is 0.00000342. The highest BCUT2D eigenvalue weighted by atomic mass is 35.5. The van der Waals surface area contributed by atoms with E-state index in [1.807, 2.05) is 0 Å². The molecule has 2 aliphatic rings. The number of carbonyl (C=O) groups is 2. The van der Waals surface area contributed by atoms with Crippen LogP contribution in [0.1, 0.15) is 39.8 Å². The van der Waals surface area contributed by atoms with Crippen molar-refractivity contribution < 1.29 is 28.6 Å². The standard InChI is InChI=1S/C23H25ClFN3O6.ClH/c1-4-34-15-6-5-12(17(25)16(15)24)8-26-21(31)14-9-28-18(20(30)19(14)29)22(32)27(2)11-23(28)7-13(23)10-33-3;/h5-6,9,13,30H,4,7-8,10-11H2,1-3H3,(H,26,31);1H/t13-,23-;/m0./s1. The fraction of sp³-hybridized carbons (Fsp3) is 0.435. The predicted octanol–water partition coefficient (Wildman–Crippen LogP) is 2.54. The van der Waals surface area contributed by atoms with Crippen molar-refractivity contribution in [2.45, 2.75) is 25.4 Å². The second kappa shape index (κ2) is 10.0. The van der Waals surface area contributed by atoms with E-state index in [0.717, 1.165) is 0 Å². The van der Waals surface area contributed by atoms with Crippen LogP contribution in [0.25, 0.3) is 0 Å². The number of halogens is 3. The Hall–Kier alpha value is -2.82. The number of aromatic hydroxyl groups is 1.